The highest BCUT2D eigenvalue weighted by atomic mass is 16.5. The third kappa shape index (κ3) is 4.66. The average molecular weight is 449 g/mol. The van der Waals surface area contributed by atoms with Gasteiger partial charge in [-0.15, -0.1) is 0 Å². The van der Waals surface area contributed by atoms with Crippen molar-refractivity contribution in [2.45, 2.75) is 33.2 Å². The van der Waals surface area contributed by atoms with Crippen LogP contribution in [-0.2, 0) is 11.3 Å². The van der Waals surface area contributed by atoms with Gasteiger partial charge in [-0.2, -0.15) is 9.78 Å². The number of nitrogens with zero attached hydrogens (tertiary/aromatic N) is 4. The van der Waals surface area contributed by atoms with E-state index < -0.39 is 17.2 Å². The first kappa shape index (κ1) is 22.7. The van der Waals surface area contributed by atoms with Gasteiger partial charge in [0.05, 0.1) is 25.4 Å². The molecule has 0 bridgehead atoms. The third-order valence-corrected chi connectivity index (χ3v) is 5.95. The van der Waals surface area contributed by atoms with Crippen LogP contribution in [0.3, 0.4) is 0 Å². The number of amides is 1. The maximum Gasteiger partial charge on any atom is 0.352 e. The van der Waals surface area contributed by atoms with Crippen LogP contribution in [0.15, 0.2) is 58.1 Å². The first-order valence-corrected chi connectivity index (χ1v) is 11.1. The summed E-state index contributed by atoms with van der Waals surface area (Å²) in [7, 11) is 0. The van der Waals surface area contributed by atoms with E-state index in [0.29, 0.717) is 37.9 Å². The molecule has 0 saturated carbocycles. The van der Waals surface area contributed by atoms with E-state index in [1.54, 1.807) is 17.0 Å². The van der Waals surface area contributed by atoms with E-state index in [1.165, 1.54) is 0 Å². The van der Waals surface area contributed by atoms with E-state index in [2.05, 4.69) is 18.9 Å². The molecular formula is C25H28N4O4. The summed E-state index contributed by atoms with van der Waals surface area (Å²) in [6.45, 7) is 7.70. The van der Waals surface area contributed by atoms with Crippen LogP contribution in [0.2, 0.25) is 0 Å². The van der Waals surface area contributed by atoms with Crippen LogP contribution in [-0.4, -0.2) is 51.5 Å². The van der Waals surface area contributed by atoms with E-state index >= 15 is 0 Å². The molecule has 33 heavy (non-hydrogen) atoms. The van der Waals surface area contributed by atoms with Gasteiger partial charge in [-0.05, 0) is 41.7 Å². The Hall–Kier alpha value is -3.52. The molecule has 1 aliphatic rings. The molecule has 2 heterocycles. The summed E-state index contributed by atoms with van der Waals surface area (Å²) < 4.78 is 7.57. The summed E-state index contributed by atoms with van der Waals surface area (Å²) in [5.74, 6) is -0.161. The van der Waals surface area contributed by atoms with Crippen molar-refractivity contribution >= 4 is 5.91 Å². The van der Waals surface area contributed by atoms with Gasteiger partial charge in [0, 0.05) is 13.1 Å². The van der Waals surface area contributed by atoms with Crippen LogP contribution in [0.1, 0.15) is 46.9 Å². The quantitative estimate of drug-likeness (QED) is 0.598. The molecule has 1 aromatic heterocycles. The van der Waals surface area contributed by atoms with Gasteiger partial charge < -0.3 is 9.64 Å². The Kier molecular flexibility index (Phi) is 6.55. The summed E-state index contributed by atoms with van der Waals surface area (Å²) in [6, 6.07) is 15.0. The number of carbonyl (C=O) groups is 1. The molecule has 0 unspecified atom stereocenters. The van der Waals surface area contributed by atoms with Crippen molar-refractivity contribution in [1.82, 2.24) is 19.2 Å². The Morgan fingerprint density at radius 3 is 2.33 bits per heavy atom. The van der Waals surface area contributed by atoms with Gasteiger partial charge in [0.25, 0.3) is 11.5 Å². The molecule has 3 aromatic rings. The van der Waals surface area contributed by atoms with E-state index in [9.17, 15) is 14.4 Å². The Labute approximate surface area is 192 Å². The lowest BCUT2D eigenvalue weighted by Crippen LogP contribution is -2.48. The molecule has 4 rings (SSSR count). The molecule has 1 fully saturated rings. The summed E-state index contributed by atoms with van der Waals surface area (Å²) in [5.41, 5.74) is 1.86. The minimum Gasteiger partial charge on any atom is -0.378 e. The molecule has 172 valence electrons. The molecule has 0 atom stereocenters. The number of aromatic nitrogens is 3. The predicted molar refractivity (Wildman–Crippen MR) is 125 cm³/mol. The third-order valence-electron chi connectivity index (χ3n) is 5.95. The second kappa shape index (κ2) is 9.54. The smallest absolute Gasteiger partial charge is 0.352 e. The van der Waals surface area contributed by atoms with Crippen molar-refractivity contribution in [3.63, 3.8) is 0 Å². The van der Waals surface area contributed by atoms with Gasteiger partial charge in [-0.1, -0.05) is 50.2 Å². The molecule has 0 aliphatic carbocycles. The molecule has 1 saturated heterocycles. The minimum absolute atomic E-state index is 0.0559. The van der Waals surface area contributed by atoms with E-state index in [1.807, 2.05) is 43.3 Å². The van der Waals surface area contributed by atoms with Crippen molar-refractivity contribution in [1.29, 1.82) is 0 Å². The standard InChI is InChI=1S/C25H28N4O4/c1-17(2)19-8-10-21(11-9-19)29-25(32)28(16-20-7-5-4-6-18(20)3)24(31)22(26-29)23(30)27-12-14-33-15-13-27/h4-11,17H,12-16H2,1-3H3. The predicted octanol–water partition coefficient (Wildman–Crippen LogP) is 2.35. The maximum absolute atomic E-state index is 13.4. The largest absolute Gasteiger partial charge is 0.378 e. The molecule has 8 nitrogen and oxygen atoms in total. The van der Waals surface area contributed by atoms with Gasteiger partial charge in [0.1, 0.15) is 0 Å². The van der Waals surface area contributed by atoms with Crippen molar-refractivity contribution in [3.05, 3.63) is 91.8 Å². The minimum atomic E-state index is -0.685. The lowest BCUT2D eigenvalue weighted by atomic mass is 10.0. The summed E-state index contributed by atoms with van der Waals surface area (Å²) in [4.78, 5) is 41.5. The molecule has 2 aromatic carbocycles. The topological polar surface area (TPSA) is 86.4 Å². The first-order valence-electron chi connectivity index (χ1n) is 11.1. The highest BCUT2D eigenvalue weighted by Gasteiger charge is 2.26. The molecule has 0 radical (unpaired) electrons. The van der Waals surface area contributed by atoms with E-state index in [0.717, 1.165) is 25.9 Å². The second-order valence-electron chi connectivity index (χ2n) is 8.51. The number of rotatable bonds is 5. The Morgan fingerprint density at radius 1 is 1.03 bits per heavy atom. The van der Waals surface area contributed by atoms with Crippen molar-refractivity contribution in [2.24, 2.45) is 0 Å². The average Bonchev–Trinajstić information content (AvgIpc) is 2.83. The molecule has 0 N–H and O–H groups in total. The van der Waals surface area contributed by atoms with Crippen LogP contribution >= 0.6 is 0 Å². The van der Waals surface area contributed by atoms with Crippen molar-refractivity contribution in [3.8, 4) is 5.69 Å². The number of morpholine rings is 1. The van der Waals surface area contributed by atoms with Gasteiger partial charge in [-0.3, -0.25) is 14.2 Å². The van der Waals surface area contributed by atoms with Crippen LogP contribution < -0.4 is 11.2 Å². The fraction of sp³-hybridized carbons (Fsp3) is 0.360. The maximum atomic E-state index is 13.4. The Morgan fingerprint density at radius 2 is 1.70 bits per heavy atom. The summed E-state index contributed by atoms with van der Waals surface area (Å²) in [6.07, 6.45) is 0. The number of benzene rings is 2. The van der Waals surface area contributed by atoms with Gasteiger partial charge in [0.15, 0.2) is 0 Å². The van der Waals surface area contributed by atoms with E-state index in [4.69, 9.17) is 4.74 Å². The lowest BCUT2D eigenvalue weighted by molar-refractivity contribution is 0.0295. The van der Waals surface area contributed by atoms with Crippen LogP contribution in [0.5, 0.6) is 0 Å². The second-order valence-corrected chi connectivity index (χ2v) is 8.51. The zero-order valence-electron chi connectivity index (χ0n) is 19.2. The Balaban J connectivity index is 1.86. The zero-order valence-corrected chi connectivity index (χ0v) is 19.2. The van der Waals surface area contributed by atoms with Crippen LogP contribution in [0.4, 0.5) is 0 Å². The number of hydrogen-bond donors (Lipinski definition) is 0. The monoisotopic (exact) mass is 448 g/mol. The van der Waals surface area contributed by atoms with Crippen molar-refractivity contribution < 1.29 is 9.53 Å². The lowest BCUT2D eigenvalue weighted by Gasteiger charge is -2.26. The number of aryl methyl sites for hydroxylation is 1. The number of carbonyl (C=O) groups excluding carboxylic acids is 1. The molecule has 8 heteroatoms. The number of ether oxygens (including phenoxy) is 1. The molecular weight excluding hydrogens is 420 g/mol. The van der Waals surface area contributed by atoms with Gasteiger partial charge in [-0.25, -0.2) is 4.79 Å². The van der Waals surface area contributed by atoms with Crippen LogP contribution in [0, 0.1) is 6.92 Å². The summed E-state index contributed by atoms with van der Waals surface area (Å²) in [5, 5.41) is 4.26. The SMILES string of the molecule is Cc1ccccc1Cn1c(=O)c(C(=O)N2CCOCC2)nn(-c2ccc(C(C)C)cc2)c1=O. The fourth-order valence-corrected chi connectivity index (χ4v) is 3.83. The molecule has 1 aliphatic heterocycles. The molecule has 1 amide bonds. The molecule has 0 spiro atoms. The zero-order chi connectivity index (χ0) is 23.5. The number of hydrogen-bond acceptors (Lipinski definition) is 5. The summed E-state index contributed by atoms with van der Waals surface area (Å²) >= 11 is 0. The van der Waals surface area contributed by atoms with Gasteiger partial charge in [0.2, 0.25) is 5.69 Å². The normalized spacial score (nSPS) is 14.0. The highest BCUT2D eigenvalue weighted by molar-refractivity contribution is 5.91. The fourth-order valence-electron chi connectivity index (χ4n) is 3.83. The Bertz CT molecular complexity index is 1270. The van der Waals surface area contributed by atoms with Gasteiger partial charge >= 0.3 is 5.69 Å². The van der Waals surface area contributed by atoms with E-state index in [-0.39, 0.29) is 12.2 Å². The van der Waals surface area contributed by atoms with Crippen LogP contribution in [0.25, 0.3) is 5.69 Å². The highest BCUT2D eigenvalue weighted by Crippen LogP contribution is 2.16. The first-order chi connectivity index (χ1) is 15.9. The van der Waals surface area contributed by atoms with Crippen molar-refractivity contribution in [2.75, 3.05) is 26.3 Å².